The van der Waals surface area contributed by atoms with E-state index in [1.807, 2.05) is 0 Å². The van der Waals surface area contributed by atoms with Crippen molar-refractivity contribution < 1.29 is 30.8 Å². The van der Waals surface area contributed by atoms with E-state index in [9.17, 15) is 26.1 Å². The number of halogens is 3. The van der Waals surface area contributed by atoms with Crippen LogP contribution in [0, 0.1) is 0 Å². The van der Waals surface area contributed by atoms with Crippen LogP contribution in [-0.4, -0.2) is 34.0 Å². The van der Waals surface area contributed by atoms with E-state index in [0.717, 1.165) is 12.1 Å². The summed E-state index contributed by atoms with van der Waals surface area (Å²) in [6.07, 6.45) is -1.89. The highest BCUT2D eigenvalue weighted by Crippen LogP contribution is 2.27. The zero-order chi connectivity index (χ0) is 16.4. The van der Waals surface area contributed by atoms with Crippen LogP contribution < -0.4 is 4.68 Å². The van der Waals surface area contributed by atoms with Gasteiger partial charge in [0.2, 0.25) is 0 Å². The van der Waals surface area contributed by atoms with Gasteiger partial charge in [-0.3, -0.25) is 0 Å². The number of rotatable bonds is 4. The van der Waals surface area contributed by atoms with Gasteiger partial charge in [0, 0.05) is 11.6 Å². The van der Waals surface area contributed by atoms with Crippen molar-refractivity contribution >= 4 is 10.1 Å². The van der Waals surface area contributed by atoms with Crippen LogP contribution in [0.25, 0.3) is 11.3 Å². The summed E-state index contributed by atoms with van der Waals surface area (Å²) >= 11 is 0. The molecule has 118 valence electrons. The zero-order valence-electron chi connectivity index (χ0n) is 10.9. The van der Waals surface area contributed by atoms with Gasteiger partial charge >= 0.3 is 6.18 Å². The predicted octanol–water partition coefficient (Wildman–Crippen LogP) is 0.390. The van der Waals surface area contributed by atoms with Crippen molar-refractivity contribution in [2.24, 2.45) is 0 Å². The molecule has 0 N–H and O–H groups in total. The van der Waals surface area contributed by atoms with E-state index < -0.39 is 27.7 Å². The first-order chi connectivity index (χ1) is 10.1. The Balaban J connectivity index is 2.13. The summed E-state index contributed by atoms with van der Waals surface area (Å²) in [6.45, 7) is -0.120. The van der Waals surface area contributed by atoms with E-state index in [0.29, 0.717) is 5.56 Å². The van der Waals surface area contributed by atoms with Crippen LogP contribution in [0.3, 0.4) is 0 Å². The molecule has 0 aliphatic heterocycles. The molecule has 2 heterocycles. The minimum atomic E-state index is -4.56. The summed E-state index contributed by atoms with van der Waals surface area (Å²) < 4.78 is 69.8. The fraction of sp³-hybridized carbons (Fsp3) is 0.273. The molecule has 0 unspecified atom stereocenters. The molecule has 0 aromatic carbocycles. The van der Waals surface area contributed by atoms with Crippen molar-refractivity contribution in [1.29, 1.82) is 0 Å². The summed E-state index contributed by atoms with van der Waals surface area (Å²) in [5.41, 5.74) is -0.512. The molecule has 0 saturated carbocycles. The number of nitrogens with zero attached hydrogens (tertiary/aromatic N) is 4. The normalized spacial score (nSPS) is 12.4. The second kappa shape index (κ2) is 5.93. The van der Waals surface area contributed by atoms with Crippen LogP contribution in [0.1, 0.15) is 5.69 Å². The molecule has 0 atom stereocenters. The molecule has 0 aliphatic carbocycles. The maximum absolute atomic E-state index is 12.4. The van der Waals surface area contributed by atoms with Crippen molar-refractivity contribution in [2.45, 2.75) is 12.7 Å². The Labute approximate surface area is 123 Å². The van der Waals surface area contributed by atoms with Gasteiger partial charge in [-0.1, -0.05) is 4.68 Å². The van der Waals surface area contributed by atoms with Gasteiger partial charge < -0.3 is 4.55 Å². The van der Waals surface area contributed by atoms with E-state index in [-0.39, 0.29) is 12.2 Å². The van der Waals surface area contributed by atoms with Gasteiger partial charge in [0.1, 0.15) is 16.3 Å². The third-order valence-electron chi connectivity index (χ3n) is 2.59. The van der Waals surface area contributed by atoms with Crippen molar-refractivity contribution in [1.82, 2.24) is 15.3 Å². The first-order valence-corrected chi connectivity index (χ1v) is 7.43. The van der Waals surface area contributed by atoms with Crippen LogP contribution in [-0.2, 0) is 22.8 Å². The standard InChI is InChI=1S/C11H9F3N4O3S/c12-11(13,14)10-2-1-9(16-17-10)8-3-4-18(15-7-8)5-6-22(19,20)21/h1-4,7H,5-6H2. The van der Waals surface area contributed by atoms with Crippen molar-refractivity contribution in [3.63, 3.8) is 0 Å². The summed E-state index contributed by atoms with van der Waals surface area (Å²) in [5, 5.41) is 10.4. The number of aromatic nitrogens is 4. The molecule has 0 saturated heterocycles. The number of alkyl halides is 3. The SMILES string of the molecule is O=S(=O)([O-])CC[n+]1ccc(-c2ccc(C(F)(F)F)nn2)cn1. The summed E-state index contributed by atoms with van der Waals surface area (Å²) in [5.74, 6) is -0.607. The average molecular weight is 334 g/mol. The Morgan fingerprint density at radius 1 is 1.18 bits per heavy atom. The Bertz CT molecular complexity index is 746. The van der Waals surface area contributed by atoms with E-state index >= 15 is 0 Å². The van der Waals surface area contributed by atoms with Gasteiger partial charge in [-0.2, -0.15) is 13.2 Å². The molecule has 0 spiro atoms. The lowest BCUT2D eigenvalue weighted by Crippen LogP contribution is -2.40. The Hall–Kier alpha value is -2.14. The van der Waals surface area contributed by atoms with Crippen molar-refractivity contribution in [3.05, 3.63) is 36.3 Å². The number of aryl methyl sites for hydroxylation is 1. The van der Waals surface area contributed by atoms with Crippen LogP contribution in [0.5, 0.6) is 0 Å². The van der Waals surface area contributed by atoms with Crippen molar-refractivity contribution in [3.8, 4) is 11.3 Å². The lowest BCUT2D eigenvalue weighted by Gasteiger charge is -2.05. The summed E-state index contributed by atoms with van der Waals surface area (Å²) in [6, 6.07) is 3.42. The second-order valence-corrected chi connectivity index (χ2v) is 5.77. The zero-order valence-corrected chi connectivity index (χ0v) is 11.7. The molecule has 2 aromatic rings. The first kappa shape index (κ1) is 16.2. The maximum Gasteiger partial charge on any atom is 0.435 e. The molecule has 7 nitrogen and oxygen atoms in total. The highest BCUT2D eigenvalue weighted by atomic mass is 32.2. The van der Waals surface area contributed by atoms with E-state index in [4.69, 9.17) is 0 Å². The average Bonchev–Trinajstić information content (AvgIpc) is 2.44. The Morgan fingerprint density at radius 3 is 2.36 bits per heavy atom. The number of hydrogen-bond donors (Lipinski definition) is 0. The lowest BCUT2D eigenvalue weighted by atomic mass is 10.2. The van der Waals surface area contributed by atoms with Crippen LogP contribution in [0.2, 0.25) is 0 Å². The second-order valence-electron chi connectivity index (χ2n) is 4.24. The van der Waals surface area contributed by atoms with Crippen LogP contribution >= 0.6 is 0 Å². The minimum Gasteiger partial charge on any atom is -0.748 e. The molecule has 0 fully saturated rings. The fourth-order valence-corrected chi connectivity index (χ4v) is 1.92. The Kier molecular flexibility index (Phi) is 4.37. The molecule has 0 radical (unpaired) electrons. The fourth-order valence-electron chi connectivity index (χ4n) is 1.51. The first-order valence-electron chi connectivity index (χ1n) is 5.86. The number of hydrogen-bond acceptors (Lipinski definition) is 6. The molecule has 0 amide bonds. The quantitative estimate of drug-likeness (QED) is 0.592. The van der Waals surface area contributed by atoms with Gasteiger partial charge in [-0.25, -0.2) is 8.42 Å². The highest BCUT2D eigenvalue weighted by Gasteiger charge is 2.32. The van der Waals surface area contributed by atoms with Gasteiger partial charge in [-0.15, -0.1) is 10.2 Å². The monoisotopic (exact) mass is 334 g/mol. The van der Waals surface area contributed by atoms with E-state index in [2.05, 4.69) is 15.3 Å². The van der Waals surface area contributed by atoms with Crippen LogP contribution in [0.15, 0.2) is 30.6 Å². The molecular formula is C11H9F3N4O3S. The third kappa shape index (κ3) is 4.43. The van der Waals surface area contributed by atoms with Crippen LogP contribution in [0.4, 0.5) is 13.2 Å². The van der Waals surface area contributed by atoms with Gasteiger partial charge in [0.15, 0.2) is 18.4 Å². The minimum absolute atomic E-state index is 0.120. The third-order valence-corrected chi connectivity index (χ3v) is 3.28. The van der Waals surface area contributed by atoms with Gasteiger partial charge in [-0.05, 0) is 17.2 Å². The predicted molar refractivity (Wildman–Crippen MR) is 65.0 cm³/mol. The van der Waals surface area contributed by atoms with Crippen molar-refractivity contribution in [2.75, 3.05) is 5.75 Å². The summed E-state index contributed by atoms with van der Waals surface area (Å²) in [4.78, 5) is 0. The highest BCUT2D eigenvalue weighted by molar-refractivity contribution is 7.85. The topological polar surface area (TPSA) is 99.8 Å². The molecule has 0 aliphatic rings. The molecule has 2 aromatic heterocycles. The molecule has 22 heavy (non-hydrogen) atoms. The maximum atomic E-state index is 12.4. The largest absolute Gasteiger partial charge is 0.748 e. The molecular weight excluding hydrogens is 325 g/mol. The van der Waals surface area contributed by atoms with Gasteiger partial charge in [0.05, 0.1) is 11.4 Å². The summed E-state index contributed by atoms with van der Waals surface area (Å²) in [7, 11) is -4.34. The lowest BCUT2D eigenvalue weighted by molar-refractivity contribution is -0.750. The smallest absolute Gasteiger partial charge is 0.435 e. The molecule has 11 heteroatoms. The van der Waals surface area contributed by atoms with Gasteiger partial charge in [0.25, 0.3) is 0 Å². The molecule has 0 bridgehead atoms. The van der Waals surface area contributed by atoms with E-state index in [1.165, 1.54) is 23.1 Å². The molecule has 2 rings (SSSR count). The van der Waals surface area contributed by atoms with E-state index in [1.54, 1.807) is 0 Å². The Morgan fingerprint density at radius 2 is 1.91 bits per heavy atom.